The van der Waals surface area contributed by atoms with Gasteiger partial charge in [-0.3, -0.25) is 4.79 Å². The second-order valence-corrected chi connectivity index (χ2v) is 3.28. The number of carbonyl (C=O) groups excluding carboxylic acids is 1. The van der Waals surface area contributed by atoms with Crippen molar-refractivity contribution in [2.45, 2.75) is 13.3 Å². The zero-order valence-electron chi connectivity index (χ0n) is 9.16. The summed E-state index contributed by atoms with van der Waals surface area (Å²) in [6.45, 7) is 2.88. The first-order valence-electron chi connectivity index (χ1n) is 4.97. The van der Waals surface area contributed by atoms with E-state index in [1.165, 1.54) is 0 Å². The van der Waals surface area contributed by atoms with E-state index in [4.69, 9.17) is 9.47 Å². The molecule has 0 aliphatic heterocycles. The Kier molecular flexibility index (Phi) is 4.84. The zero-order chi connectivity index (χ0) is 11.1. The molecule has 0 fully saturated rings. The number of benzene rings is 1. The summed E-state index contributed by atoms with van der Waals surface area (Å²) < 4.78 is 10.4. The molecule has 0 unspecified atom stereocenters. The SMILES string of the molecule is COCCCOc1ccc(C(C)=O)cc1. The van der Waals surface area contributed by atoms with E-state index in [1.54, 1.807) is 26.2 Å². The van der Waals surface area contributed by atoms with Gasteiger partial charge in [0, 0.05) is 25.7 Å². The van der Waals surface area contributed by atoms with Crippen LogP contribution in [0.5, 0.6) is 5.75 Å². The van der Waals surface area contributed by atoms with Crippen LogP contribution in [-0.4, -0.2) is 26.1 Å². The predicted molar refractivity (Wildman–Crippen MR) is 58.4 cm³/mol. The molecule has 15 heavy (non-hydrogen) atoms. The van der Waals surface area contributed by atoms with Crippen LogP contribution in [0.4, 0.5) is 0 Å². The van der Waals surface area contributed by atoms with Crippen molar-refractivity contribution in [3.05, 3.63) is 29.8 Å². The number of carbonyl (C=O) groups is 1. The fourth-order valence-electron chi connectivity index (χ4n) is 1.18. The highest BCUT2D eigenvalue weighted by Gasteiger charge is 1.99. The monoisotopic (exact) mass is 208 g/mol. The number of ketones is 1. The number of methoxy groups -OCH3 is 1. The highest BCUT2D eigenvalue weighted by atomic mass is 16.5. The molecular weight excluding hydrogens is 192 g/mol. The van der Waals surface area contributed by atoms with E-state index in [2.05, 4.69) is 0 Å². The maximum atomic E-state index is 11.0. The summed E-state index contributed by atoms with van der Waals surface area (Å²) in [5.41, 5.74) is 0.708. The van der Waals surface area contributed by atoms with Gasteiger partial charge in [-0.15, -0.1) is 0 Å². The van der Waals surface area contributed by atoms with Crippen LogP contribution in [0.1, 0.15) is 23.7 Å². The summed E-state index contributed by atoms with van der Waals surface area (Å²) in [6.07, 6.45) is 0.866. The van der Waals surface area contributed by atoms with Crippen molar-refractivity contribution in [2.75, 3.05) is 20.3 Å². The van der Waals surface area contributed by atoms with E-state index in [0.717, 1.165) is 12.2 Å². The Bertz CT molecular complexity index is 303. The summed E-state index contributed by atoms with van der Waals surface area (Å²) in [5, 5.41) is 0. The van der Waals surface area contributed by atoms with Gasteiger partial charge in [0.25, 0.3) is 0 Å². The van der Waals surface area contributed by atoms with E-state index >= 15 is 0 Å². The molecule has 0 bridgehead atoms. The van der Waals surface area contributed by atoms with Gasteiger partial charge in [0.05, 0.1) is 6.61 Å². The van der Waals surface area contributed by atoms with Crippen LogP contribution in [-0.2, 0) is 4.74 Å². The molecule has 1 aromatic carbocycles. The van der Waals surface area contributed by atoms with Crippen LogP contribution in [0, 0.1) is 0 Å². The summed E-state index contributed by atoms with van der Waals surface area (Å²) in [6, 6.07) is 7.16. The molecule has 0 aromatic heterocycles. The number of Topliss-reactive ketones (excluding diaryl/α,β-unsaturated/α-hetero) is 1. The molecule has 0 saturated carbocycles. The Hall–Kier alpha value is -1.35. The van der Waals surface area contributed by atoms with Crippen LogP contribution in [0.25, 0.3) is 0 Å². The highest BCUT2D eigenvalue weighted by Crippen LogP contribution is 2.12. The maximum absolute atomic E-state index is 11.0. The Morgan fingerprint density at radius 2 is 1.87 bits per heavy atom. The lowest BCUT2D eigenvalue weighted by Crippen LogP contribution is -2.01. The normalized spacial score (nSPS) is 10.0. The zero-order valence-corrected chi connectivity index (χ0v) is 9.16. The van der Waals surface area contributed by atoms with Gasteiger partial charge in [0.15, 0.2) is 5.78 Å². The van der Waals surface area contributed by atoms with Gasteiger partial charge in [0.1, 0.15) is 5.75 Å². The number of hydrogen-bond donors (Lipinski definition) is 0. The third-order valence-corrected chi connectivity index (χ3v) is 2.02. The van der Waals surface area contributed by atoms with Crippen molar-refractivity contribution in [1.29, 1.82) is 0 Å². The smallest absolute Gasteiger partial charge is 0.159 e. The van der Waals surface area contributed by atoms with Crippen molar-refractivity contribution < 1.29 is 14.3 Å². The lowest BCUT2D eigenvalue weighted by Gasteiger charge is -2.05. The van der Waals surface area contributed by atoms with Crippen molar-refractivity contribution in [3.8, 4) is 5.75 Å². The molecule has 0 aliphatic rings. The van der Waals surface area contributed by atoms with Gasteiger partial charge in [0.2, 0.25) is 0 Å². The summed E-state index contributed by atoms with van der Waals surface area (Å²) in [5.74, 6) is 0.858. The number of hydrogen-bond acceptors (Lipinski definition) is 3. The third kappa shape index (κ3) is 4.13. The third-order valence-electron chi connectivity index (χ3n) is 2.02. The predicted octanol–water partition coefficient (Wildman–Crippen LogP) is 2.30. The molecule has 0 radical (unpaired) electrons. The van der Waals surface area contributed by atoms with Gasteiger partial charge >= 0.3 is 0 Å². The second-order valence-electron chi connectivity index (χ2n) is 3.28. The molecule has 1 rings (SSSR count). The summed E-state index contributed by atoms with van der Waals surface area (Å²) in [7, 11) is 1.67. The lowest BCUT2D eigenvalue weighted by atomic mass is 10.1. The average molecular weight is 208 g/mol. The Morgan fingerprint density at radius 1 is 1.20 bits per heavy atom. The first kappa shape index (κ1) is 11.7. The average Bonchev–Trinajstić information content (AvgIpc) is 2.25. The van der Waals surface area contributed by atoms with Crippen molar-refractivity contribution >= 4 is 5.78 Å². The minimum absolute atomic E-state index is 0.0703. The Labute approximate surface area is 90.0 Å². The molecular formula is C12H16O3. The molecule has 82 valence electrons. The van der Waals surface area contributed by atoms with Gasteiger partial charge in [-0.2, -0.15) is 0 Å². The van der Waals surface area contributed by atoms with Gasteiger partial charge in [-0.05, 0) is 31.2 Å². The Balaban J connectivity index is 2.39. The minimum atomic E-state index is 0.0703. The van der Waals surface area contributed by atoms with E-state index in [9.17, 15) is 4.79 Å². The second kappa shape index (κ2) is 6.19. The van der Waals surface area contributed by atoms with Gasteiger partial charge in [-0.1, -0.05) is 0 Å². The number of rotatable bonds is 6. The number of ether oxygens (including phenoxy) is 2. The molecule has 0 saturated heterocycles. The first-order chi connectivity index (χ1) is 7.24. The molecule has 3 nitrogen and oxygen atoms in total. The van der Waals surface area contributed by atoms with Crippen LogP contribution in [0.15, 0.2) is 24.3 Å². The molecule has 1 aromatic rings. The van der Waals surface area contributed by atoms with Crippen LogP contribution in [0.3, 0.4) is 0 Å². The Morgan fingerprint density at radius 3 is 2.40 bits per heavy atom. The van der Waals surface area contributed by atoms with E-state index < -0.39 is 0 Å². The maximum Gasteiger partial charge on any atom is 0.159 e. The molecule has 0 aliphatic carbocycles. The molecule has 0 amide bonds. The summed E-state index contributed by atoms with van der Waals surface area (Å²) >= 11 is 0. The lowest BCUT2D eigenvalue weighted by molar-refractivity contribution is 0.101. The highest BCUT2D eigenvalue weighted by molar-refractivity contribution is 5.94. The fourth-order valence-corrected chi connectivity index (χ4v) is 1.18. The molecule has 3 heteroatoms. The molecule has 0 atom stereocenters. The topological polar surface area (TPSA) is 35.5 Å². The minimum Gasteiger partial charge on any atom is -0.494 e. The van der Waals surface area contributed by atoms with Gasteiger partial charge in [-0.25, -0.2) is 0 Å². The summed E-state index contributed by atoms with van der Waals surface area (Å²) in [4.78, 5) is 11.0. The van der Waals surface area contributed by atoms with E-state index in [0.29, 0.717) is 18.8 Å². The fraction of sp³-hybridized carbons (Fsp3) is 0.417. The quantitative estimate of drug-likeness (QED) is 0.531. The largest absolute Gasteiger partial charge is 0.494 e. The first-order valence-corrected chi connectivity index (χ1v) is 4.97. The van der Waals surface area contributed by atoms with E-state index in [-0.39, 0.29) is 5.78 Å². The van der Waals surface area contributed by atoms with Crippen LogP contribution in [0.2, 0.25) is 0 Å². The van der Waals surface area contributed by atoms with E-state index in [1.807, 2.05) is 12.1 Å². The van der Waals surface area contributed by atoms with Crippen molar-refractivity contribution in [2.24, 2.45) is 0 Å². The van der Waals surface area contributed by atoms with Crippen LogP contribution < -0.4 is 4.74 Å². The molecule has 0 heterocycles. The molecule has 0 spiro atoms. The van der Waals surface area contributed by atoms with Gasteiger partial charge < -0.3 is 9.47 Å². The standard InChI is InChI=1S/C12H16O3/c1-10(13)11-4-6-12(7-5-11)15-9-3-8-14-2/h4-7H,3,8-9H2,1-2H3. The molecule has 0 N–H and O–H groups in total. The van der Waals surface area contributed by atoms with Crippen molar-refractivity contribution in [1.82, 2.24) is 0 Å². The van der Waals surface area contributed by atoms with Crippen molar-refractivity contribution in [3.63, 3.8) is 0 Å². The van der Waals surface area contributed by atoms with Crippen LogP contribution >= 0.6 is 0 Å².